The van der Waals surface area contributed by atoms with Gasteiger partial charge in [0.2, 0.25) is 0 Å². The third kappa shape index (κ3) is 1.44. The van der Waals surface area contributed by atoms with Crippen LogP contribution in [-0.4, -0.2) is 13.5 Å². The fraction of sp³-hybridized carbons (Fsp3) is 0.250. The molecule has 3 N–H and O–H groups in total. The Kier molecular flexibility index (Phi) is 1.93. The molecule has 1 aromatic rings. The fourth-order valence-corrected chi connectivity index (χ4v) is 2.19. The smallest absolute Gasteiger partial charge is 0.501 e. The molecule has 0 radical (unpaired) electrons. The second-order valence-electron chi connectivity index (χ2n) is 3.04. The molecule has 6 nitrogen and oxygen atoms in total. The van der Waals surface area contributed by atoms with Gasteiger partial charge in [-0.15, -0.1) is 8.42 Å². The minimum absolute atomic E-state index is 0.0291. The summed E-state index contributed by atoms with van der Waals surface area (Å²) in [5, 5.41) is 9.41. The van der Waals surface area contributed by atoms with Gasteiger partial charge in [0.1, 0.15) is 5.75 Å². The van der Waals surface area contributed by atoms with Crippen LogP contribution in [0, 0.1) is 0 Å². The van der Waals surface area contributed by atoms with Crippen LogP contribution in [0.25, 0.3) is 0 Å². The van der Waals surface area contributed by atoms with Crippen molar-refractivity contribution in [3.8, 4) is 17.2 Å². The number of hydrogen-bond acceptors (Lipinski definition) is 6. The Balaban J connectivity index is 2.69. The molecular formula is C8H9NO5S. The van der Waals surface area contributed by atoms with Crippen molar-refractivity contribution in [1.82, 2.24) is 0 Å². The van der Waals surface area contributed by atoms with Gasteiger partial charge < -0.3 is 19.2 Å². The zero-order valence-electron chi connectivity index (χ0n) is 7.85. The van der Waals surface area contributed by atoms with Crippen LogP contribution in [0.1, 0.15) is 12.5 Å². The number of benzene rings is 1. The highest BCUT2D eigenvalue weighted by molar-refractivity contribution is 7.82. The lowest BCUT2D eigenvalue weighted by Crippen LogP contribution is -2.08. The molecule has 0 atom stereocenters. The molecule has 1 aliphatic heterocycles. The third-order valence-corrected chi connectivity index (χ3v) is 2.85. The summed E-state index contributed by atoms with van der Waals surface area (Å²) in [6.07, 6.45) is 0.432. The average molecular weight is 231 g/mol. The van der Waals surface area contributed by atoms with E-state index >= 15 is 0 Å². The van der Waals surface area contributed by atoms with E-state index in [1.54, 1.807) is 6.92 Å². The summed E-state index contributed by atoms with van der Waals surface area (Å²) in [6, 6.07) is 1.12. The number of rotatable bonds is 1. The Labute approximate surface area is 86.6 Å². The van der Waals surface area contributed by atoms with Gasteiger partial charge in [0, 0.05) is 11.6 Å². The van der Waals surface area contributed by atoms with Gasteiger partial charge in [-0.05, 0) is 6.42 Å². The van der Waals surface area contributed by atoms with Crippen molar-refractivity contribution >= 4 is 16.1 Å². The molecule has 0 aromatic heterocycles. The number of hydrogen-bond donors (Lipinski definition) is 2. The van der Waals surface area contributed by atoms with E-state index in [1.165, 1.54) is 0 Å². The van der Waals surface area contributed by atoms with Crippen LogP contribution in [0.5, 0.6) is 17.2 Å². The van der Waals surface area contributed by atoms with Crippen LogP contribution in [-0.2, 0) is 16.8 Å². The normalized spacial score (nSPS) is 16.6. The summed E-state index contributed by atoms with van der Waals surface area (Å²) >= 11 is 0. The summed E-state index contributed by atoms with van der Waals surface area (Å²) in [4.78, 5) is 0. The van der Waals surface area contributed by atoms with Gasteiger partial charge in [0.25, 0.3) is 0 Å². The van der Waals surface area contributed by atoms with Crippen LogP contribution < -0.4 is 14.1 Å². The van der Waals surface area contributed by atoms with Crippen LogP contribution >= 0.6 is 0 Å². The lowest BCUT2D eigenvalue weighted by Gasteiger charge is -2.06. The summed E-state index contributed by atoms with van der Waals surface area (Å²) in [6.45, 7) is 1.76. The van der Waals surface area contributed by atoms with Gasteiger partial charge in [-0.3, -0.25) is 0 Å². The van der Waals surface area contributed by atoms with Crippen molar-refractivity contribution in [1.29, 1.82) is 0 Å². The van der Waals surface area contributed by atoms with Crippen LogP contribution in [0.2, 0.25) is 0 Å². The Morgan fingerprint density at radius 3 is 2.73 bits per heavy atom. The number of nitrogen functional groups attached to an aromatic ring is 1. The first-order valence-corrected chi connectivity index (χ1v) is 5.56. The maximum atomic E-state index is 11.0. The maximum Gasteiger partial charge on any atom is 0.501 e. The molecule has 0 bridgehead atoms. The molecule has 1 heterocycles. The van der Waals surface area contributed by atoms with Crippen molar-refractivity contribution in [3.05, 3.63) is 11.6 Å². The van der Waals surface area contributed by atoms with Crippen LogP contribution in [0.3, 0.4) is 0 Å². The number of fused-ring (bicyclic) bond motifs is 1. The highest BCUT2D eigenvalue weighted by Gasteiger charge is 2.32. The molecule has 0 aliphatic carbocycles. The third-order valence-electron chi connectivity index (χ3n) is 2.10. The van der Waals surface area contributed by atoms with E-state index in [0.29, 0.717) is 12.0 Å². The summed E-state index contributed by atoms with van der Waals surface area (Å²) in [5.41, 5.74) is 6.10. The molecule has 7 heteroatoms. The summed E-state index contributed by atoms with van der Waals surface area (Å²) in [7, 11) is -4.04. The Hall–Kier alpha value is -1.63. The molecule has 15 heavy (non-hydrogen) atoms. The fourth-order valence-electron chi connectivity index (χ4n) is 1.43. The zero-order valence-corrected chi connectivity index (χ0v) is 8.67. The first-order chi connectivity index (χ1) is 6.94. The van der Waals surface area contributed by atoms with E-state index in [9.17, 15) is 13.5 Å². The number of phenolic OH excluding ortho intramolecular Hbond substituents is 1. The van der Waals surface area contributed by atoms with Crippen molar-refractivity contribution in [2.75, 3.05) is 5.73 Å². The molecule has 0 saturated heterocycles. The molecule has 0 unspecified atom stereocenters. The molecule has 1 aromatic carbocycles. The lowest BCUT2D eigenvalue weighted by atomic mass is 10.1. The molecule has 0 fully saturated rings. The maximum absolute atomic E-state index is 11.0. The highest BCUT2D eigenvalue weighted by Crippen LogP contribution is 2.45. The monoisotopic (exact) mass is 231 g/mol. The standard InChI is InChI=1S/C8H9NO5S/c1-2-4-7(9)5(10)3-6-8(4)14-15(11,12)13-6/h3,10H,2,9H2,1H3. The van der Waals surface area contributed by atoms with Crippen molar-refractivity contribution < 1.29 is 21.9 Å². The average Bonchev–Trinajstić information content (AvgIpc) is 2.41. The Morgan fingerprint density at radius 1 is 1.47 bits per heavy atom. The van der Waals surface area contributed by atoms with E-state index in [-0.39, 0.29) is 22.9 Å². The minimum Gasteiger partial charge on any atom is -0.506 e. The second kappa shape index (κ2) is 2.93. The largest absolute Gasteiger partial charge is 0.506 e. The van der Waals surface area contributed by atoms with Crippen molar-refractivity contribution in [3.63, 3.8) is 0 Å². The van der Waals surface area contributed by atoms with Crippen molar-refractivity contribution in [2.45, 2.75) is 13.3 Å². The van der Waals surface area contributed by atoms with E-state index in [0.717, 1.165) is 6.07 Å². The highest BCUT2D eigenvalue weighted by atomic mass is 32.3. The van der Waals surface area contributed by atoms with Gasteiger partial charge in [-0.25, -0.2) is 0 Å². The van der Waals surface area contributed by atoms with Gasteiger partial charge in [-0.2, -0.15) is 0 Å². The Morgan fingerprint density at radius 2 is 2.13 bits per heavy atom. The predicted molar refractivity (Wildman–Crippen MR) is 52.1 cm³/mol. The Bertz CT molecular complexity index is 522. The number of aromatic hydroxyl groups is 1. The van der Waals surface area contributed by atoms with Crippen molar-refractivity contribution in [2.24, 2.45) is 0 Å². The molecule has 0 amide bonds. The van der Waals surface area contributed by atoms with Gasteiger partial charge in [-0.1, -0.05) is 6.92 Å². The van der Waals surface area contributed by atoms with E-state index in [1.807, 2.05) is 0 Å². The number of phenols is 1. The summed E-state index contributed by atoms with van der Waals surface area (Å²) < 4.78 is 31.1. The van der Waals surface area contributed by atoms with Gasteiger partial charge >= 0.3 is 10.4 Å². The topological polar surface area (TPSA) is 98.9 Å². The van der Waals surface area contributed by atoms with Gasteiger partial charge in [0.05, 0.1) is 5.69 Å². The molecule has 2 rings (SSSR count). The summed E-state index contributed by atoms with van der Waals surface area (Å²) in [5.74, 6) is -0.183. The molecule has 0 saturated carbocycles. The molecule has 1 aliphatic rings. The number of anilines is 1. The minimum atomic E-state index is -4.04. The van der Waals surface area contributed by atoms with E-state index in [2.05, 4.69) is 8.37 Å². The lowest BCUT2D eigenvalue weighted by molar-refractivity contribution is 0.435. The molecule has 0 spiro atoms. The van der Waals surface area contributed by atoms with E-state index < -0.39 is 10.4 Å². The SMILES string of the molecule is CCc1c(N)c(O)cc2c1OS(=O)(=O)O2. The second-order valence-corrected chi connectivity index (χ2v) is 4.19. The first-order valence-electron chi connectivity index (χ1n) is 4.23. The van der Waals surface area contributed by atoms with Crippen LogP contribution in [0.15, 0.2) is 6.07 Å². The van der Waals surface area contributed by atoms with Crippen LogP contribution in [0.4, 0.5) is 5.69 Å². The first kappa shape index (κ1) is 9.91. The molecular weight excluding hydrogens is 222 g/mol. The zero-order chi connectivity index (χ0) is 11.2. The van der Waals surface area contributed by atoms with E-state index in [4.69, 9.17) is 5.73 Å². The molecule has 82 valence electrons. The van der Waals surface area contributed by atoms with Gasteiger partial charge in [0.15, 0.2) is 11.5 Å². The quantitative estimate of drug-likeness (QED) is 0.541. The predicted octanol–water partition coefficient (Wildman–Crippen LogP) is 0.553. The number of nitrogens with two attached hydrogens (primary N) is 1.